The van der Waals surface area contributed by atoms with E-state index in [2.05, 4.69) is 0 Å². The first-order chi connectivity index (χ1) is 15.1. The number of amides is 2. The lowest BCUT2D eigenvalue weighted by Gasteiger charge is -2.24. The molecule has 8 nitrogen and oxygen atoms in total. The van der Waals surface area contributed by atoms with Gasteiger partial charge in [0.15, 0.2) is 0 Å². The van der Waals surface area contributed by atoms with Gasteiger partial charge in [-0.1, -0.05) is 32.4 Å². The number of nitrogens with zero attached hydrogens (tertiary/aromatic N) is 1. The number of phenols is 1. The number of rotatable bonds is 7. The van der Waals surface area contributed by atoms with E-state index >= 15 is 0 Å². The van der Waals surface area contributed by atoms with Crippen LogP contribution in [0.15, 0.2) is 11.6 Å². The van der Waals surface area contributed by atoms with Crippen molar-refractivity contribution in [1.29, 1.82) is 0 Å². The third kappa shape index (κ3) is 4.18. The van der Waals surface area contributed by atoms with Gasteiger partial charge in [0.2, 0.25) is 5.91 Å². The average Bonchev–Trinajstić information content (AvgIpc) is 3.32. The topological polar surface area (TPSA) is 102 Å². The van der Waals surface area contributed by atoms with Gasteiger partial charge in [-0.2, -0.15) is 0 Å². The summed E-state index contributed by atoms with van der Waals surface area (Å²) >= 11 is 0. The summed E-state index contributed by atoms with van der Waals surface area (Å²) in [6, 6.07) is -0.248. The van der Waals surface area contributed by atoms with Crippen LogP contribution < -0.4 is 4.74 Å². The van der Waals surface area contributed by atoms with Crippen LogP contribution in [0.4, 0.5) is 4.79 Å². The van der Waals surface area contributed by atoms with E-state index in [4.69, 9.17) is 14.2 Å². The van der Waals surface area contributed by atoms with Crippen LogP contribution in [0.1, 0.15) is 61.2 Å². The lowest BCUT2D eigenvalue weighted by atomic mass is 9.92. The number of aromatic hydroxyl groups is 1. The van der Waals surface area contributed by atoms with E-state index in [9.17, 15) is 19.5 Å². The molecule has 32 heavy (non-hydrogen) atoms. The molecule has 2 atom stereocenters. The molecule has 2 aliphatic rings. The summed E-state index contributed by atoms with van der Waals surface area (Å²) in [5.41, 5.74) is 3.03. The molecule has 0 bridgehead atoms. The van der Waals surface area contributed by atoms with Gasteiger partial charge in [-0.3, -0.25) is 4.79 Å². The van der Waals surface area contributed by atoms with Crippen molar-refractivity contribution in [3.63, 3.8) is 0 Å². The van der Waals surface area contributed by atoms with Gasteiger partial charge >= 0.3 is 12.1 Å². The summed E-state index contributed by atoms with van der Waals surface area (Å²) < 4.78 is 15.7. The standard InChI is InChI=1S/C24H31NO7/c1-12(2)18-11-32-24(29)25(18)19(26)9-14(4)13(3)7-8-16-21(27)20-17(10-31-23(20)28)15(5)22(16)30-6/h7,12,14,18,27H,8-11H2,1-6H3/b13-7+/t14-,18+/m1/s1. The lowest BCUT2D eigenvalue weighted by Crippen LogP contribution is -2.42. The van der Waals surface area contributed by atoms with Crippen molar-refractivity contribution in [2.24, 2.45) is 11.8 Å². The van der Waals surface area contributed by atoms with Gasteiger partial charge in [-0.25, -0.2) is 14.5 Å². The Hall–Kier alpha value is -3.03. The maximum absolute atomic E-state index is 12.8. The third-order valence-electron chi connectivity index (χ3n) is 6.48. The molecule has 1 fully saturated rings. The second-order valence-corrected chi connectivity index (χ2v) is 8.82. The van der Waals surface area contributed by atoms with E-state index in [0.29, 0.717) is 23.3 Å². The fourth-order valence-corrected chi connectivity index (χ4v) is 4.23. The summed E-state index contributed by atoms with van der Waals surface area (Å²) in [6.45, 7) is 9.90. The number of phenolic OH excluding ortho intramolecular Hbond substituents is 1. The lowest BCUT2D eigenvalue weighted by molar-refractivity contribution is -0.130. The van der Waals surface area contributed by atoms with Crippen molar-refractivity contribution >= 4 is 18.0 Å². The molecule has 3 rings (SSSR count). The molecule has 0 aromatic heterocycles. The van der Waals surface area contributed by atoms with Crippen LogP contribution in [-0.2, 0) is 27.3 Å². The molecule has 0 spiro atoms. The van der Waals surface area contributed by atoms with Crippen LogP contribution in [0.25, 0.3) is 0 Å². The molecule has 0 aliphatic carbocycles. The van der Waals surface area contributed by atoms with Gasteiger partial charge in [0.25, 0.3) is 0 Å². The van der Waals surface area contributed by atoms with Crippen molar-refractivity contribution in [1.82, 2.24) is 4.90 Å². The summed E-state index contributed by atoms with van der Waals surface area (Å²) in [6.07, 6.45) is 1.81. The van der Waals surface area contributed by atoms with E-state index in [0.717, 1.165) is 11.1 Å². The van der Waals surface area contributed by atoms with E-state index in [1.807, 2.05) is 40.7 Å². The number of carbonyl (C=O) groups is 3. The Morgan fingerprint density at radius 2 is 1.97 bits per heavy atom. The Labute approximate surface area is 188 Å². The third-order valence-corrected chi connectivity index (χ3v) is 6.48. The van der Waals surface area contributed by atoms with Crippen LogP contribution in [-0.4, -0.2) is 47.7 Å². The van der Waals surface area contributed by atoms with Crippen molar-refractivity contribution in [2.45, 2.75) is 60.1 Å². The van der Waals surface area contributed by atoms with E-state index in [1.165, 1.54) is 12.0 Å². The first-order valence-corrected chi connectivity index (χ1v) is 10.8. The molecule has 0 radical (unpaired) electrons. The van der Waals surface area contributed by atoms with Crippen molar-refractivity contribution in [3.8, 4) is 11.5 Å². The minimum absolute atomic E-state index is 0.113. The fourth-order valence-electron chi connectivity index (χ4n) is 4.23. The zero-order valence-electron chi connectivity index (χ0n) is 19.5. The highest BCUT2D eigenvalue weighted by atomic mass is 16.6. The fraction of sp³-hybridized carbons (Fsp3) is 0.542. The average molecular weight is 446 g/mol. The molecule has 1 aromatic rings. The van der Waals surface area contributed by atoms with Gasteiger partial charge in [0.1, 0.15) is 30.3 Å². The van der Waals surface area contributed by atoms with E-state index < -0.39 is 12.1 Å². The number of allylic oxidation sites excluding steroid dienone is 2. The van der Waals surface area contributed by atoms with Crippen molar-refractivity contribution < 1.29 is 33.7 Å². The number of carbonyl (C=O) groups excluding carboxylic acids is 3. The highest BCUT2D eigenvalue weighted by Gasteiger charge is 2.39. The highest BCUT2D eigenvalue weighted by molar-refractivity contribution is 5.98. The molecular formula is C24H31NO7. The number of imide groups is 1. The van der Waals surface area contributed by atoms with E-state index in [-0.39, 0.29) is 54.7 Å². The molecule has 2 heterocycles. The molecule has 0 unspecified atom stereocenters. The Bertz CT molecular complexity index is 979. The molecule has 0 saturated carbocycles. The second kappa shape index (κ2) is 9.22. The molecule has 2 amide bonds. The van der Waals surface area contributed by atoms with Crippen molar-refractivity contribution in [3.05, 3.63) is 33.9 Å². The molecule has 1 N–H and O–H groups in total. The number of esters is 1. The number of ether oxygens (including phenoxy) is 3. The minimum atomic E-state index is -0.585. The first kappa shape index (κ1) is 23.6. The molecule has 2 aliphatic heterocycles. The van der Waals surface area contributed by atoms with Gasteiger partial charge in [-0.15, -0.1) is 0 Å². The van der Waals surface area contributed by atoms with Crippen LogP contribution in [0.3, 0.4) is 0 Å². The normalized spacial score (nSPS) is 19.2. The highest BCUT2D eigenvalue weighted by Crippen LogP contribution is 2.42. The SMILES string of the molecule is COc1c(C)c2c(c(O)c1C/C=C(\C)[C@H](C)CC(=O)N1C(=O)OC[C@H]1C(C)C)C(=O)OC2. The summed E-state index contributed by atoms with van der Waals surface area (Å²) in [5, 5.41) is 10.7. The minimum Gasteiger partial charge on any atom is -0.507 e. The Kier molecular flexibility index (Phi) is 6.81. The van der Waals surface area contributed by atoms with Gasteiger partial charge in [0.05, 0.1) is 13.2 Å². The number of benzene rings is 1. The molecular weight excluding hydrogens is 414 g/mol. The quantitative estimate of drug-likeness (QED) is 0.502. The second-order valence-electron chi connectivity index (χ2n) is 8.82. The maximum Gasteiger partial charge on any atom is 0.416 e. The zero-order valence-corrected chi connectivity index (χ0v) is 19.5. The number of cyclic esters (lactones) is 2. The van der Waals surface area contributed by atoms with Gasteiger partial charge in [-0.05, 0) is 37.7 Å². The smallest absolute Gasteiger partial charge is 0.416 e. The maximum atomic E-state index is 12.8. The van der Waals surface area contributed by atoms with Crippen LogP contribution in [0, 0.1) is 18.8 Å². The molecule has 1 saturated heterocycles. The number of fused-ring (bicyclic) bond motifs is 1. The number of methoxy groups -OCH3 is 1. The molecule has 1 aromatic carbocycles. The summed E-state index contributed by atoms with van der Waals surface area (Å²) in [7, 11) is 1.52. The van der Waals surface area contributed by atoms with Crippen LogP contribution in [0.2, 0.25) is 0 Å². The monoisotopic (exact) mass is 445 g/mol. The first-order valence-electron chi connectivity index (χ1n) is 10.8. The Morgan fingerprint density at radius 1 is 1.28 bits per heavy atom. The van der Waals surface area contributed by atoms with Crippen molar-refractivity contribution in [2.75, 3.05) is 13.7 Å². The Morgan fingerprint density at radius 3 is 2.59 bits per heavy atom. The largest absolute Gasteiger partial charge is 0.507 e. The summed E-state index contributed by atoms with van der Waals surface area (Å²) in [5.74, 6) is -0.423. The molecule has 8 heteroatoms. The number of hydrogen-bond acceptors (Lipinski definition) is 7. The predicted octanol–water partition coefficient (Wildman–Crippen LogP) is 3.90. The van der Waals surface area contributed by atoms with Gasteiger partial charge < -0.3 is 19.3 Å². The number of hydrogen-bond donors (Lipinski definition) is 1. The van der Waals surface area contributed by atoms with E-state index in [1.54, 1.807) is 0 Å². The van der Waals surface area contributed by atoms with Crippen LogP contribution in [0.5, 0.6) is 11.5 Å². The Balaban J connectivity index is 1.78. The van der Waals surface area contributed by atoms with Crippen LogP contribution >= 0.6 is 0 Å². The zero-order chi connectivity index (χ0) is 23.7. The summed E-state index contributed by atoms with van der Waals surface area (Å²) in [4.78, 5) is 38.2. The predicted molar refractivity (Wildman–Crippen MR) is 117 cm³/mol. The molecule has 174 valence electrons. The van der Waals surface area contributed by atoms with Gasteiger partial charge in [0, 0.05) is 17.5 Å².